The molecule has 2 aliphatic rings. The Morgan fingerprint density at radius 2 is 2.07 bits per heavy atom. The van der Waals surface area contributed by atoms with E-state index in [9.17, 15) is 4.79 Å². The van der Waals surface area contributed by atoms with Crippen molar-refractivity contribution < 1.29 is 9.47 Å². The molecule has 0 saturated carbocycles. The highest BCUT2D eigenvalue weighted by atomic mass is 35.5. The van der Waals surface area contributed by atoms with Gasteiger partial charge in [-0.05, 0) is 25.8 Å². The van der Waals surface area contributed by atoms with Crippen molar-refractivity contribution in [2.24, 2.45) is 18.2 Å². The number of aromatic nitrogens is 3. The number of nitrogens with two attached hydrogens (primary N) is 1. The van der Waals surface area contributed by atoms with Gasteiger partial charge in [0.15, 0.2) is 0 Å². The summed E-state index contributed by atoms with van der Waals surface area (Å²) in [6, 6.07) is 1.80. The van der Waals surface area contributed by atoms with E-state index in [1.54, 1.807) is 30.1 Å². The number of piperidine rings is 1. The summed E-state index contributed by atoms with van der Waals surface area (Å²) in [6.45, 7) is 4.34. The first-order valence-electron chi connectivity index (χ1n) is 9.91. The second-order valence-corrected chi connectivity index (χ2v) is 9.37. The second-order valence-electron chi connectivity index (χ2n) is 7.91. The molecule has 4 heterocycles. The SMILES string of the molecule is COc1nccc(Sc2cnc(N3CCC4(CC3)CO[C@@H](C)[C@H]4N)n(C)c2=O)c1Cl. The van der Waals surface area contributed by atoms with Crippen LogP contribution >= 0.6 is 23.4 Å². The van der Waals surface area contributed by atoms with Crippen molar-refractivity contribution in [3.8, 4) is 5.88 Å². The van der Waals surface area contributed by atoms with Gasteiger partial charge in [0, 0.05) is 42.7 Å². The molecule has 1 spiro atoms. The molecule has 0 amide bonds. The van der Waals surface area contributed by atoms with E-state index in [4.69, 9.17) is 26.8 Å². The molecule has 4 rings (SSSR count). The molecule has 0 radical (unpaired) electrons. The summed E-state index contributed by atoms with van der Waals surface area (Å²) in [6.07, 6.45) is 5.16. The quantitative estimate of drug-likeness (QED) is 0.756. The molecule has 2 fully saturated rings. The Kier molecular flexibility index (Phi) is 5.98. The van der Waals surface area contributed by atoms with Gasteiger partial charge < -0.3 is 20.1 Å². The molecule has 0 unspecified atom stereocenters. The van der Waals surface area contributed by atoms with Crippen molar-refractivity contribution in [1.29, 1.82) is 0 Å². The number of ether oxygens (including phenoxy) is 2. The lowest BCUT2D eigenvalue weighted by Gasteiger charge is -2.41. The van der Waals surface area contributed by atoms with E-state index in [1.165, 1.54) is 18.9 Å². The van der Waals surface area contributed by atoms with Gasteiger partial charge in [-0.3, -0.25) is 9.36 Å². The lowest BCUT2D eigenvalue weighted by molar-refractivity contribution is 0.0973. The van der Waals surface area contributed by atoms with E-state index in [0.29, 0.717) is 33.2 Å². The van der Waals surface area contributed by atoms with Crippen LogP contribution in [0.4, 0.5) is 5.95 Å². The molecule has 8 nitrogen and oxygen atoms in total. The molecule has 2 saturated heterocycles. The highest BCUT2D eigenvalue weighted by Crippen LogP contribution is 2.42. The van der Waals surface area contributed by atoms with Gasteiger partial charge in [0.1, 0.15) is 5.02 Å². The summed E-state index contributed by atoms with van der Waals surface area (Å²) < 4.78 is 12.5. The van der Waals surface area contributed by atoms with Crippen LogP contribution in [-0.2, 0) is 11.8 Å². The molecule has 2 N–H and O–H groups in total. The van der Waals surface area contributed by atoms with Gasteiger partial charge in [0.05, 0.1) is 30.9 Å². The van der Waals surface area contributed by atoms with E-state index in [-0.39, 0.29) is 23.1 Å². The first-order chi connectivity index (χ1) is 14.4. The topological polar surface area (TPSA) is 95.5 Å². The number of nitrogens with zero attached hydrogens (tertiary/aromatic N) is 4. The van der Waals surface area contributed by atoms with Crippen LogP contribution in [0, 0.1) is 5.41 Å². The number of pyridine rings is 1. The van der Waals surface area contributed by atoms with Crippen molar-refractivity contribution >= 4 is 29.3 Å². The summed E-state index contributed by atoms with van der Waals surface area (Å²) in [4.78, 5) is 25.0. The highest BCUT2D eigenvalue weighted by molar-refractivity contribution is 7.99. The van der Waals surface area contributed by atoms with Gasteiger partial charge in [0.25, 0.3) is 5.56 Å². The molecule has 0 bridgehead atoms. The van der Waals surface area contributed by atoms with E-state index >= 15 is 0 Å². The van der Waals surface area contributed by atoms with Crippen molar-refractivity contribution in [2.75, 3.05) is 31.7 Å². The van der Waals surface area contributed by atoms with Crippen LogP contribution < -0.4 is 20.9 Å². The molecule has 2 aliphatic heterocycles. The van der Waals surface area contributed by atoms with Gasteiger partial charge >= 0.3 is 0 Å². The van der Waals surface area contributed by atoms with E-state index in [1.807, 2.05) is 6.92 Å². The predicted molar refractivity (Wildman–Crippen MR) is 117 cm³/mol. The van der Waals surface area contributed by atoms with Crippen molar-refractivity contribution in [1.82, 2.24) is 14.5 Å². The number of hydrogen-bond acceptors (Lipinski definition) is 8. The fraction of sp³-hybridized carbons (Fsp3) is 0.550. The zero-order chi connectivity index (χ0) is 21.5. The largest absolute Gasteiger partial charge is 0.480 e. The highest BCUT2D eigenvalue weighted by Gasteiger charge is 2.47. The first kappa shape index (κ1) is 21.4. The van der Waals surface area contributed by atoms with Crippen LogP contribution in [-0.4, -0.2) is 53.5 Å². The average molecular weight is 452 g/mol. The minimum absolute atomic E-state index is 0.0295. The maximum atomic E-state index is 13.0. The summed E-state index contributed by atoms with van der Waals surface area (Å²) >= 11 is 7.58. The van der Waals surface area contributed by atoms with Gasteiger partial charge in [-0.2, -0.15) is 0 Å². The molecule has 162 valence electrons. The van der Waals surface area contributed by atoms with E-state index in [0.717, 1.165) is 25.9 Å². The second kappa shape index (κ2) is 8.37. The summed E-state index contributed by atoms with van der Waals surface area (Å²) in [5.74, 6) is 0.992. The molecular weight excluding hydrogens is 426 g/mol. The third-order valence-corrected chi connectivity index (χ3v) is 7.77. The molecular formula is C20H26ClN5O3S. The lowest BCUT2D eigenvalue weighted by atomic mass is 9.73. The fourth-order valence-electron chi connectivity index (χ4n) is 4.25. The Labute approximate surface area is 184 Å². The number of halogens is 1. The van der Waals surface area contributed by atoms with Crippen LogP contribution in [0.5, 0.6) is 5.88 Å². The zero-order valence-electron chi connectivity index (χ0n) is 17.3. The maximum absolute atomic E-state index is 13.0. The molecule has 2 aromatic heterocycles. The van der Waals surface area contributed by atoms with Gasteiger partial charge in [-0.15, -0.1) is 0 Å². The number of rotatable bonds is 4. The summed E-state index contributed by atoms with van der Waals surface area (Å²) in [7, 11) is 3.26. The number of methoxy groups -OCH3 is 1. The molecule has 2 aromatic rings. The van der Waals surface area contributed by atoms with E-state index in [2.05, 4.69) is 14.9 Å². The van der Waals surface area contributed by atoms with E-state index < -0.39 is 0 Å². The predicted octanol–water partition coefficient (Wildman–Crippen LogP) is 2.32. The Morgan fingerprint density at radius 1 is 1.33 bits per heavy atom. The smallest absolute Gasteiger partial charge is 0.268 e. The number of anilines is 1. The fourth-order valence-corrected chi connectivity index (χ4v) is 5.43. The monoisotopic (exact) mass is 451 g/mol. The average Bonchev–Trinajstić information content (AvgIpc) is 3.02. The van der Waals surface area contributed by atoms with Crippen molar-refractivity contribution in [2.45, 2.75) is 41.7 Å². The minimum atomic E-state index is -0.119. The minimum Gasteiger partial charge on any atom is -0.480 e. The zero-order valence-corrected chi connectivity index (χ0v) is 18.9. The van der Waals surface area contributed by atoms with Crippen molar-refractivity contribution in [3.05, 3.63) is 33.8 Å². The van der Waals surface area contributed by atoms with Crippen LogP contribution in [0.2, 0.25) is 5.02 Å². The van der Waals surface area contributed by atoms with Crippen molar-refractivity contribution in [3.63, 3.8) is 0 Å². The summed E-state index contributed by atoms with van der Waals surface area (Å²) in [5.41, 5.74) is 6.32. The molecule has 2 atom stereocenters. The van der Waals surface area contributed by atoms with Crippen LogP contribution in [0.25, 0.3) is 0 Å². The first-order valence-corrected chi connectivity index (χ1v) is 11.1. The molecule has 10 heteroatoms. The van der Waals surface area contributed by atoms with Gasteiger partial charge in [-0.1, -0.05) is 23.4 Å². The third kappa shape index (κ3) is 3.68. The van der Waals surface area contributed by atoms with Gasteiger partial charge in [-0.25, -0.2) is 9.97 Å². The standard InChI is InChI=1S/C20H26ClN5O3S/c1-12-16(22)20(11-29-12)5-8-26(9-6-20)19-24-10-14(18(27)25(19)2)30-13-4-7-23-17(28-3)15(13)21/h4,7,10,12,16H,5-6,8-9,11,22H2,1-3H3/t12-,16+/m0/s1. The van der Waals surface area contributed by atoms with Crippen LogP contribution in [0.15, 0.2) is 33.0 Å². The Morgan fingerprint density at radius 3 is 2.70 bits per heavy atom. The molecule has 30 heavy (non-hydrogen) atoms. The molecule has 0 aliphatic carbocycles. The Balaban J connectivity index is 1.52. The number of hydrogen-bond donors (Lipinski definition) is 1. The van der Waals surface area contributed by atoms with Crippen LogP contribution in [0.3, 0.4) is 0 Å². The normalized spacial score (nSPS) is 23.2. The third-order valence-electron chi connectivity index (χ3n) is 6.24. The van der Waals surface area contributed by atoms with Gasteiger partial charge in [0.2, 0.25) is 11.8 Å². The maximum Gasteiger partial charge on any atom is 0.268 e. The Hall–Kier alpha value is -1.81. The summed E-state index contributed by atoms with van der Waals surface area (Å²) in [5, 5.41) is 0.377. The Bertz CT molecular complexity index is 993. The van der Waals surface area contributed by atoms with Crippen LogP contribution in [0.1, 0.15) is 19.8 Å². The lowest BCUT2D eigenvalue weighted by Crippen LogP contribution is -2.51. The molecule has 0 aromatic carbocycles.